The molecular weight excluding hydrogens is 465 g/mol. The fraction of sp³-hybridized carbons (Fsp3) is 0.250. The van der Waals surface area contributed by atoms with Crippen LogP contribution in [0.5, 0.6) is 5.75 Å². The zero-order valence-electron chi connectivity index (χ0n) is 17.5. The number of anilines is 2. The second-order valence-corrected chi connectivity index (χ2v) is 9.40. The number of ether oxygens (including phenoxy) is 1. The van der Waals surface area contributed by atoms with Gasteiger partial charge < -0.3 is 20.5 Å². The summed E-state index contributed by atoms with van der Waals surface area (Å²) >= 11 is 14.0. The molecule has 0 atom stereocenters. The second-order valence-electron chi connectivity index (χ2n) is 7.44. The Morgan fingerprint density at radius 2 is 1.72 bits per heavy atom. The number of benzene rings is 3. The van der Waals surface area contributed by atoms with Crippen molar-refractivity contribution < 1.29 is 9.84 Å². The first-order chi connectivity index (χ1) is 15.6. The summed E-state index contributed by atoms with van der Waals surface area (Å²) in [6, 6.07) is 19.6. The Morgan fingerprint density at radius 1 is 0.969 bits per heavy atom. The van der Waals surface area contributed by atoms with Gasteiger partial charge in [0.05, 0.1) is 30.6 Å². The van der Waals surface area contributed by atoms with Crippen molar-refractivity contribution in [2.45, 2.75) is 16.3 Å². The van der Waals surface area contributed by atoms with Gasteiger partial charge in [0.1, 0.15) is 0 Å². The van der Waals surface area contributed by atoms with Crippen LogP contribution in [0.15, 0.2) is 70.5 Å². The van der Waals surface area contributed by atoms with E-state index in [-0.39, 0.29) is 5.75 Å². The number of morpholine rings is 1. The molecular formula is C24H25Cl2N3O2S. The first kappa shape index (κ1) is 23.1. The van der Waals surface area contributed by atoms with Gasteiger partial charge in [-0.25, -0.2) is 0 Å². The van der Waals surface area contributed by atoms with E-state index >= 15 is 0 Å². The Morgan fingerprint density at radius 3 is 2.50 bits per heavy atom. The highest BCUT2D eigenvalue weighted by molar-refractivity contribution is 7.99. The zero-order chi connectivity index (χ0) is 22.3. The van der Waals surface area contributed by atoms with E-state index in [9.17, 15) is 5.11 Å². The molecule has 0 aliphatic carbocycles. The fourth-order valence-electron chi connectivity index (χ4n) is 3.37. The number of aromatic hydroxyl groups is 1. The van der Waals surface area contributed by atoms with Gasteiger partial charge in [-0.3, -0.25) is 4.90 Å². The average molecular weight is 490 g/mol. The van der Waals surface area contributed by atoms with Gasteiger partial charge in [0.15, 0.2) is 5.75 Å². The molecule has 1 saturated heterocycles. The fourth-order valence-corrected chi connectivity index (χ4v) is 4.66. The quantitative estimate of drug-likeness (QED) is 0.260. The number of rotatable bonds is 8. The molecule has 168 valence electrons. The Kier molecular flexibility index (Phi) is 8.05. The van der Waals surface area contributed by atoms with E-state index in [1.54, 1.807) is 17.8 Å². The number of halogens is 2. The van der Waals surface area contributed by atoms with Gasteiger partial charge in [0, 0.05) is 40.1 Å². The molecule has 3 N–H and O–H groups in total. The van der Waals surface area contributed by atoms with Crippen molar-refractivity contribution in [2.24, 2.45) is 0 Å². The van der Waals surface area contributed by atoms with Crippen LogP contribution >= 0.6 is 35.0 Å². The Hall–Kier alpha value is -2.09. The van der Waals surface area contributed by atoms with Gasteiger partial charge >= 0.3 is 0 Å². The van der Waals surface area contributed by atoms with Crippen LogP contribution in [0, 0.1) is 0 Å². The lowest BCUT2D eigenvalue weighted by Gasteiger charge is -2.27. The largest absolute Gasteiger partial charge is 0.504 e. The number of hydrogen-bond donors (Lipinski definition) is 3. The van der Waals surface area contributed by atoms with Crippen LogP contribution in [-0.4, -0.2) is 43.0 Å². The first-order valence-corrected chi connectivity index (χ1v) is 12.0. The Bertz CT molecular complexity index is 1040. The topological polar surface area (TPSA) is 56.8 Å². The SMILES string of the molecule is Oc1c(Cl)cc(NCN2CCOCC2)cc1NCc1ccccc1Sc1ccc(Cl)cc1. The Balaban J connectivity index is 1.44. The van der Waals surface area contributed by atoms with Crippen LogP contribution in [-0.2, 0) is 11.3 Å². The molecule has 8 heteroatoms. The maximum Gasteiger partial charge on any atom is 0.157 e. The predicted octanol–water partition coefficient (Wildman–Crippen LogP) is 6.16. The molecule has 4 rings (SSSR count). The number of phenolic OH excluding ortho intramolecular Hbond substituents is 1. The molecule has 1 aliphatic rings. The molecule has 0 radical (unpaired) electrons. The van der Waals surface area contributed by atoms with Crippen LogP contribution in [0.25, 0.3) is 0 Å². The van der Waals surface area contributed by atoms with Crippen molar-refractivity contribution in [3.05, 3.63) is 76.3 Å². The lowest BCUT2D eigenvalue weighted by Crippen LogP contribution is -2.39. The predicted molar refractivity (Wildman–Crippen MR) is 133 cm³/mol. The molecule has 1 fully saturated rings. The summed E-state index contributed by atoms with van der Waals surface area (Å²) in [4.78, 5) is 4.53. The minimum Gasteiger partial charge on any atom is -0.504 e. The highest BCUT2D eigenvalue weighted by Crippen LogP contribution is 2.36. The highest BCUT2D eigenvalue weighted by atomic mass is 35.5. The lowest BCUT2D eigenvalue weighted by molar-refractivity contribution is 0.0414. The summed E-state index contributed by atoms with van der Waals surface area (Å²) in [6.07, 6.45) is 0. The summed E-state index contributed by atoms with van der Waals surface area (Å²) in [6.45, 7) is 4.53. The van der Waals surface area contributed by atoms with E-state index in [1.165, 1.54) is 0 Å². The summed E-state index contributed by atoms with van der Waals surface area (Å²) in [5.74, 6) is 0.0476. The third-order valence-electron chi connectivity index (χ3n) is 5.16. The number of nitrogens with zero attached hydrogens (tertiary/aromatic N) is 1. The minimum absolute atomic E-state index is 0.0476. The summed E-state index contributed by atoms with van der Waals surface area (Å²) in [5.41, 5.74) is 2.56. The van der Waals surface area contributed by atoms with Crippen molar-refractivity contribution in [2.75, 3.05) is 43.6 Å². The third kappa shape index (κ3) is 6.24. The van der Waals surface area contributed by atoms with E-state index in [0.717, 1.165) is 52.4 Å². The Labute approximate surface area is 202 Å². The van der Waals surface area contributed by atoms with E-state index in [4.69, 9.17) is 27.9 Å². The summed E-state index contributed by atoms with van der Waals surface area (Å²) in [7, 11) is 0. The van der Waals surface area contributed by atoms with Crippen LogP contribution in [0.2, 0.25) is 10.0 Å². The van der Waals surface area contributed by atoms with Gasteiger partial charge in [-0.2, -0.15) is 0 Å². The monoisotopic (exact) mass is 489 g/mol. The van der Waals surface area contributed by atoms with E-state index in [1.807, 2.05) is 42.5 Å². The molecule has 1 aliphatic heterocycles. The first-order valence-electron chi connectivity index (χ1n) is 10.4. The minimum atomic E-state index is 0.0476. The lowest BCUT2D eigenvalue weighted by atomic mass is 10.2. The van der Waals surface area contributed by atoms with Gasteiger partial charge in [-0.05, 0) is 48.0 Å². The maximum atomic E-state index is 10.5. The van der Waals surface area contributed by atoms with Crippen LogP contribution < -0.4 is 10.6 Å². The van der Waals surface area contributed by atoms with Gasteiger partial charge in [0.25, 0.3) is 0 Å². The standard InChI is InChI=1S/C24H25Cl2N3O2S/c25-18-5-7-20(8-6-18)32-23-4-2-1-3-17(23)15-27-22-14-19(13-21(26)24(22)30)28-16-29-9-11-31-12-10-29/h1-8,13-14,27-28,30H,9-12,15-16H2. The van der Waals surface area contributed by atoms with Crippen molar-refractivity contribution in [1.82, 2.24) is 4.90 Å². The molecule has 3 aromatic rings. The van der Waals surface area contributed by atoms with Crippen molar-refractivity contribution >= 4 is 46.3 Å². The van der Waals surface area contributed by atoms with Crippen molar-refractivity contribution in [1.29, 1.82) is 0 Å². The molecule has 3 aromatic carbocycles. The van der Waals surface area contributed by atoms with Gasteiger partial charge in [0.2, 0.25) is 0 Å². The highest BCUT2D eigenvalue weighted by Gasteiger charge is 2.13. The molecule has 0 aromatic heterocycles. The van der Waals surface area contributed by atoms with Gasteiger partial charge in [-0.1, -0.05) is 53.2 Å². The van der Waals surface area contributed by atoms with Crippen LogP contribution in [0.4, 0.5) is 11.4 Å². The molecule has 1 heterocycles. The maximum absolute atomic E-state index is 10.5. The summed E-state index contributed by atoms with van der Waals surface area (Å²) < 4.78 is 5.39. The van der Waals surface area contributed by atoms with E-state index in [2.05, 4.69) is 27.7 Å². The normalized spacial score (nSPS) is 14.3. The van der Waals surface area contributed by atoms with Gasteiger partial charge in [-0.15, -0.1) is 0 Å². The number of hydrogen-bond acceptors (Lipinski definition) is 6. The van der Waals surface area contributed by atoms with E-state index < -0.39 is 0 Å². The van der Waals surface area contributed by atoms with Crippen LogP contribution in [0.1, 0.15) is 5.56 Å². The van der Waals surface area contributed by atoms with Crippen molar-refractivity contribution in [3.8, 4) is 5.75 Å². The number of nitrogens with one attached hydrogen (secondary N) is 2. The molecule has 5 nitrogen and oxygen atoms in total. The van der Waals surface area contributed by atoms with E-state index in [0.29, 0.717) is 23.9 Å². The summed E-state index contributed by atoms with van der Waals surface area (Å²) in [5, 5.41) is 18.2. The molecule has 0 bridgehead atoms. The molecule has 0 spiro atoms. The van der Waals surface area contributed by atoms with Crippen LogP contribution in [0.3, 0.4) is 0 Å². The average Bonchev–Trinajstić information content (AvgIpc) is 2.82. The molecule has 0 amide bonds. The molecule has 0 unspecified atom stereocenters. The third-order valence-corrected chi connectivity index (χ3v) is 6.82. The number of phenols is 1. The zero-order valence-corrected chi connectivity index (χ0v) is 19.8. The molecule has 0 saturated carbocycles. The molecule has 32 heavy (non-hydrogen) atoms. The van der Waals surface area contributed by atoms with Crippen molar-refractivity contribution in [3.63, 3.8) is 0 Å². The second kappa shape index (κ2) is 11.2. The smallest absolute Gasteiger partial charge is 0.157 e.